The number of amides is 1. The van der Waals surface area contributed by atoms with Gasteiger partial charge in [-0.25, -0.2) is 14.5 Å². The molecule has 0 radical (unpaired) electrons. The van der Waals surface area contributed by atoms with E-state index in [0.717, 1.165) is 0 Å². The predicted octanol–water partition coefficient (Wildman–Crippen LogP) is 4.37. The first-order valence-electron chi connectivity index (χ1n) is 9.94. The minimum absolute atomic E-state index is 0.0656. The molecule has 0 aliphatic carbocycles. The molecule has 3 rings (SSSR count). The van der Waals surface area contributed by atoms with Gasteiger partial charge < -0.3 is 10.1 Å². The third-order valence-electron chi connectivity index (χ3n) is 4.62. The SMILES string of the molecule is CCOC(=O)c1cnn(-c2nccnc2[C@@H](C)NC(=O)c2cc(C(F)(F)F)cc(C(F)(F)F)c2)c1. The molecule has 186 valence electrons. The van der Waals surface area contributed by atoms with Crippen molar-refractivity contribution in [3.63, 3.8) is 0 Å². The van der Waals surface area contributed by atoms with Crippen LogP contribution in [0.1, 0.15) is 57.4 Å². The summed E-state index contributed by atoms with van der Waals surface area (Å²) < 4.78 is 84.7. The highest BCUT2D eigenvalue weighted by Crippen LogP contribution is 2.36. The first-order valence-corrected chi connectivity index (χ1v) is 9.94. The molecule has 0 unspecified atom stereocenters. The molecule has 0 fully saturated rings. The first kappa shape index (κ1) is 25.6. The van der Waals surface area contributed by atoms with E-state index in [1.54, 1.807) is 6.92 Å². The van der Waals surface area contributed by atoms with Crippen molar-refractivity contribution in [2.24, 2.45) is 0 Å². The summed E-state index contributed by atoms with van der Waals surface area (Å²) in [6, 6.07) is -0.438. The Bertz CT molecular complexity index is 1210. The van der Waals surface area contributed by atoms with Gasteiger partial charge in [-0.2, -0.15) is 31.4 Å². The number of halogens is 6. The van der Waals surface area contributed by atoms with Crippen molar-refractivity contribution in [1.82, 2.24) is 25.1 Å². The van der Waals surface area contributed by atoms with Crippen molar-refractivity contribution >= 4 is 11.9 Å². The van der Waals surface area contributed by atoms with E-state index >= 15 is 0 Å². The number of benzene rings is 1. The second kappa shape index (κ2) is 9.72. The number of nitrogens with zero attached hydrogens (tertiary/aromatic N) is 4. The maximum absolute atomic E-state index is 13.1. The Balaban J connectivity index is 1.91. The fourth-order valence-electron chi connectivity index (χ4n) is 3.02. The summed E-state index contributed by atoms with van der Waals surface area (Å²) in [6.45, 7) is 3.16. The fraction of sp³-hybridized carbons (Fsp3) is 0.286. The zero-order chi connectivity index (χ0) is 26.0. The summed E-state index contributed by atoms with van der Waals surface area (Å²) in [6.07, 6.45) is -5.14. The molecule has 1 atom stereocenters. The molecule has 3 aromatic rings. The Morgan fingerprint density at radius 1 is 1.00 bits per heavy atom. The van der Waals surface area contributed by atoms with Crippen LogP contribution in [-0.2, 0) is 17.1 Å². The number of carbonyl (C=O) groups excluding carboxylic acids is 2. The first-order chi connectivity index (χ1) is 16.3. The summed E-state index contributed by atoms with van der Waals surface area (Å²) in [7, 11) is 0. The fourth-order valence-corrected chi connectivity index (χ4v) is 3.02. The molecule has 0 aliphatic heterocycles. The number of rotatable bonds is 6. The highest BCUT2D eigenvalue weighted by molar-refractivity contribution is 5.95. The second-order valence-electron chi connectivity index (χ2n) is 7.15. The number of aromatic nitrogens is 4. The molecule has 1 aromatic carbocycles. The van der Waals surface area contributed by atoms with E-state index in [1.807, 2.05) is 0 Å². The quantitative estimate of drug-likeness (QED) is 0.398. The van der Waals surface area contributed by atoms with E-state index in [9.17, 15) is 35.9 Å². The maximum atomic E-state index is 13.1. The number of ether oxygens (including phenoxy) is 1. The zero-order valence-electron chi connectivity index (χ0n) is 18.1. The van der Waals surface area contributed by atoms with Crippen LogP contribution in [0, 0.1) is 0 Å². The van der Waals surface area contributed by atoms with Gasteiger partial charge in [0.05, 0.1) is 35.5 Å². The highest BCUT2D eigenvalue weighted by Gasteiger charge is 2.37. The van der Waals surface area contributed by atoms with E-state index in [-0.39, 0.29) is 29.7 Å². The van der Waals surface area contributed by atoms with Gasteiger partial charge in [0.1, 0.15) is 5.69 Å². The summed E-state index contributed by atoms with van der Waals surface area (Å²) in [5.41, 5.74) is -3.89. The Kier molecular flexibility index (Phi) is 7.12. The van der Waals surface area contributed by atoms with Crippen LogP contribution in [0.25, 0.3) is 5.82 Å². The number of carbonyl (C=O) groups is 2. The standard InChI is InChI=1S/C21H17F6N5O3/c1-3-35-19(34)13-9-30-32(10-13)17-16(28-4-5-29-17)11(2)31-18(33)12-6-14(20(22,23)24)8-15(7-12)21(25,26)27/h4-11H,3H2,1-2H3,(H,31,33)/t11-/m1/s1. The molecule has 1 amide bonds. The summed E-state index contributed by atoms with van der Waals surface area (Å²) in [5, 5.41) is 6.32. The lowest BCUT2D eigenvalue weighted by molar-refractivity contribution is -0.143. The van der Waals surface area contributed by atoms with E-state index < -0.39 is 47.0 Å². The van der Waals surface area contributed by atoms with Gasteiger partial charge in [0.2, 0.25) is 0 Å². The Labute approximate surface area is 193 Å². The third kappa shape index (κ3) is 5.94. The molecular formula is C21H17F6N5O3. The van der Waals surface area contributed by atoms with Gasteiger partial charge in [0.15, 0.2) is 5.82 Å². The molecule has 35 heavy (non-hydrogen) atoms. The number of hydrogen-bond acceptors (Lipinski definition) is 6. The van der Waals surface area contributed by atoms with Gasteiger partial charge >= 0.3 is 18.3 Å². The van der Waals surface area contributed by atoms with Crippen LogP contribution < -0.4 is 5.32 Å². The van der Waals surface area contributed by atoms with Gasteiger partial charge in [-0.3, -0.25) is 9.78 Å². The van der Waals surface area contributed by atoms with E-state index in [1.165, 1.54) is 36.4 Å². The van der Waals surface area contributed by atoms with Crippen LogP contribution in [-0.4, -0.2) is 38.2 Å². The monoisotopic (exact) mass is 501 g/mol. The molecule has 2 heterocycles. The molecule has 2 aromatic heterocycles. The van der Waals surface area contributed by atoms with Crippen molar-refractivity contribution in [3.05, 3.63) is 70.9 Å². The minimum Gasteiger partial charge on any atom is -0.462 e. The van der Waals surface area contributed by atoms with Crippen molar-refractivity contribution in [3.8, 4) is 5.82 Å². The van der Waals surface area contributed by atoms with E-state index in [4.69, 9.17) is 4.74 Å². The predicted molar refractivity (Wildman–Crippen MR) is 107 cm³/mol. The second-order valence-corrected chi connectivity index (χ2v) is 7.15. The lowest BCUT2D eigenvalue weighted by atomic mass is 10.0. The van der Waals surface area contributed by atoms with Crippen LogP contribution in [0.3, 0.4) is 0 Å². The molecular weight excluding hydrogens is 484 g/mol. The third-order valence-corrected chi connectivity index (χ3v) is 4.62. The van der Waals surface area contributed by atoms with Crippen LogP contribution in [0.2, 0.25) is 0 Å². The highest BCUT2D eigenvalue weighted by atomic mass is 19.4. The normalized spacial score (nSPS) is 12.8. The Morgan fingerprint density at radius 3 is 2.17 bits per heavy atom. The zero-order valence-corrected chi connectivity index (χ0v) is 18.1. The largest absolute Gasteiger partial charge is 0.462 e. The average Bonchev–Trinajstić information content (AvgIpc) is 3.28. The number of nitrogens with one attached hydrogen (secondary N) is 1. The maximum Gasteiger partial charge on any atom is 0.416 e. The van der Waals surface area contributed by atoms with Crippen LogP contribution in [0.15, 0.2) is 43.0 Å². The Hall–Kier alpha value is -3.97. The number of esters is 1. The summed E-state index contributed by atoms with van der Waals surface area (Å²) >= 11 is 0. The average molecular weight is 501 g/mol. The smallest absolute Gasteiger partial charge is 0.416 e. The van der Waals surface area contributed by atoms with Crippen molar-refractivity contribution in [1.29, 1.82) is 0 Å². The van der Waals surface area contributed by atoms with Crippen LogP contribution in [0.5, 0.6) is 0 Å². The summed E-state index contributed by atoms with van der Waals surface area (Å²) in [4.78, 5) is 32.7. The minimum atomic E-state index is -5.10. The van der Waals surface area contributed by atoms with Gasteiger partial charge in [-0.1, -0.05) is 0 Å². The lowest BCUT2D eigenvalue weighted by Crippen LogP contribution is -2.29. The molecule has 14 heteroatoms. The molecule has 0 spiro atoms. The number of alkyl halides is 6. The van der Waals surface area contributed by atoms with Crippen molar-refractivity contribution in [2.45, 2.75) is 32.2 Å². The molecule has 0 saturated carbocycles. The van der Waals surface area contributed by atoms with E-state index in [0.29, 0.717) is 12.1 Å². The van der Waals surface area contributed by atoms with Crippen LogP contribution >= 0.6 is 0 Å². The number of hydrogen-bond donors (Lipinski definition) is 1. The van der Waals surface area contributed by atoms with Crippen LogP contribution in [0.4, 0.5) is 26.3 Å². The van der Waals surface area contributed by atoms with Gasteiger partial charge in [0.25, 0.3) is 5.91 Å². The molecule has 8 nitrogen and oxygen atoms in total. The van der Waals surface area contributed by atoms with Crippen molar-refractivity contribution in [2.75, 3.05) is 6.61 Å². The van der Waals surface area contributed by atoms with Gasteiger partial charge in [-0.05, 0) is 32.0 Å². The topological polar surface area (TPSA) is 99.0 Å². The van der Waals surface area contributed by atoms with Gasteiger partial charge in [-0.15, -0.1) is 0 Å². The molecule has 0 saturated heterocycles. The van der Waals surface area contributed by atoms with E-state index in [2.05, 4.69) is 20.4 Å². The molecule has 1 N–H and O–H groups in total. The molecule has 0 aliphatic rings. The van der Waals surface area contributed by atoms with Gasteiger partial charge in [0, 0.05) is 24.2 Å². The van der Waals surface area contributed by atoms with Crippen molar-refractivity contribution < 1.29 is 40.7 Å². The summed E-state index contributed by atoms with van der Waals surface area (Å²) in [5.74, 6) is -1.77. The Morgan fingerprint density at radius 2 is 1.60 bits per heavy atom. The lowest BCUT2D eigenvalue weighted by Gasteiger charge is -2.18. The molecule has 0 bridgehead atoms.